The number of anilines is 1. The summed E-state index contributed by atoms with van der Waals surface area (Å²) in [5, 5.41) is 11.5. The highest BCUT2D eigenvalue weighted by molar-refractivity contribution is 5.92. The zero-order valence-corrected chi connectivity index (χ0v) is 15.1. The van der Waals surface area contributed by atoms with E-state index in [-0.39, 0.29) is 17.9 Å². The van der Waals surface area contributed by atoms with Crippen molar-refractivity contribution in [2.24, 2.45) is 0 Å². The Bertz CT molecular complexity index is 755. The van der Waals surface area contributed by atoms with Crippen LogP contribution >= 0.6 is 0 Å². The van der Waals surface area contributed by atoms with Gasteiger partial charge in [0.15, 0.2) is 5.69 Å². The molecule has 0 radical (unpaired) electrons. The van der Waals surface area contributed by atoms with E-state index in [2.05, 4.69) is 15.5 Å². The smallest absolute Gasteiger partial charge is 0.274 e. The fourth-order valence-corrected chi connectivity index (χ4v) is 2.96. The molecule has 2 aromatic rings. The van der Waals surface area contributed by atoms with Gasteiger partial charge in [0.05, 0.1) is 0 Å². The number of hydrogen-bond donors (Lipinski definition) is 1. The number of benzene rings is 1. The van der Waals surface area contributed by atoms with Crippen molar-refractivity contribution in [3.05, 3.63) is 53.7 Å². The molecule has 7 nitrogen and oxygen atoms in total. The highest BCUT2D eigenvalue weighted by Crippen LogP contribution is 2.17. The molecule has 136 valence electrons. The van der Waals surface area contributed by atoms with E-state index >= 15 is 0 Å². The normalized spacial score (nSPS) is 15.5. The first-order chi connectivity index (χ1) is 12.5. The maximum absolute atomic E-state index is 12.5. The van der Waals surface area contributed by atoms with Crippen LogP contribution in [0.3, 0.4) is 0 Å². The predicted molar refractivity (Wildman–Crippen MR) is 98.7 cm³/mol. The Morgan fingerprint density at radius 2 is 1.62 bits per heavy atom. The summed E-state index contributed by atoms with van der Waals surface area (Å²) >= 11 is 0. The van der Waals surface area contributed by atoms with E-state index < -0.39 is 0 Å². The van der Waals surface area contributed by atoms with Crippen LogP contribution in [-0.4, -0.2) is 58.0 Å². The SMILES string of the molecule is CC(=O)N1CCN(C(=O)c2ccc(NC(C)c3ccccc3)nn2)CC1. The van der Waals surface area contributed by atoms with Crippen LogP contribution in [0, 0.1) is 0 Å². The van der Waals surface area contributed by atoms with Crippen molar-refractivity contribution in [1.29, 1.82) is 0 Å². The molecule has 1 aliphatic heterocycles. The summed E-state index contributed by atoms with van der Waals surface area (Å²) in [5.41, 5.74) is 1.47. The quantitative estimate of drug-likeness (QED) is 0.909. The summed E-state index contributed by atoms with van der Waals surface area (Å²) in [6.45, 7) is 5.75. The zero-order valence-electron chi connectivity index (χ0n) is 15.1. The Labute approximate surface area is 153 Å². The first-order valence-corrected chi connectivity index (χ1v) is 8.74. The van der Waals surface area contributed by atoms with E-state index in [1.807, 2.05) is 37.3 Å². The molecule has 0 spiro atoms. The number of carbonyl (C=O) groups excluding carboxylic acids is 2. The largest absolute Gasteiger partial charge is 0.362 e. The van der Waals surface area contributed by atoms with Crippen LogP contribution in [0.15, 0.2) is 42.5 Å². The summed E-state index contributed by atoms with van der Waals surface area (Å²) in [6, 6.07) is 13.6. The summed E-state index contributed by atoms with van der Waals surface area (Å²) in [7, 11) is 0. The molecule has 7 heteroatoms. The van der Waals surface area contributed by atoms with Crippen molar-refractivity contribution < 1.29 is 9.59 Å². The lowest BCUT2D eigenvalue weighted by atomic mass is 10.1. The highest BCUT2D eigenvalue weighted by atomic mass is 16.2. The van der Waals surface area contributed by atoms with Gasteiger partial charge in [-0.15, -0.1) is 10.2 Å². The molecule has 1 N–H and O–H groups in total. The van der Waals surface area contributed by atoms with Gasteiger partial charge in [-0.25, -0.2) is 0 Å². The molecule has 1 atom stereocenters. The number of nitrogens with zero attached hydrogens (tertiary/aromatic N) is 4. The van der Waals surface area contributed by atoms with Gasteiger partial charge in [-0.3, -0.25) is 9.59 Å². The van der Waals surface area contributed by atoms with Crippen molar-refractivity contribution in [2.45, 2.75) is 19.9 Å². The lowest BCUT2D eigenvalue weighted by Gasteiger charge is -2.33. The molecule has 0 saturated carbocycles. The van der Waals surface area contributed by atoms with Crippen LogP contribution in [-0.2, 0) is 4.79 Å². The molecule has 26 heavy (non-hydrogen) atoms. The van der Waals surface area contributed by atoms with Gasteiger partial charge in [-0.05, 0) is 24.6 Å². The van der Waals surface area contributed by atoms with Gasteiger partial charge in [0.25, 0.3) is 5.91 Å². The van der Waals surface area contributed by atoms with Crippen LogP contribution < -0.4 is 5.32 Å². The van der Waals surface area contributed by atoms with E-state index in [1.165, 1.54) is 0 Å². The van der Waals surface area contributed by atoms with E-state index in [4.69, 9.17) is 0 Å². The average molecular weight is 353 g/mol. The number of hydrogen-bond acceptors (Lipinski definition) is 5. The molecule has 0 aliphatic carbocycles. The fourth-order valence-electron chi connectivity index (χ4n) is 2.96. The Morgan fingerprint density at radius 3 is 2.19 bits per heavy atom. The Morgan fingerprint density at radius 1 is 0.962 bits per heavy atom. The third kappa shape index (κ3) is 4.17. The molecular formula is C19H23N5O2. The van der Waals surface area contributed by atoms with Gasteiger partial charge in [0.1, 0.15) is 5.82 Å². The summed E-state index contributed by atoms with van der Waals surface area (Å²) in [6.07, 6.45) is 0. The number of amides is 2. The second kappa shape index (κ2) is 7.95. The van der Waals surface area contributed by atoms with E-state index in [1.54, 1.807) is 28.9 Å². The number of piperazine rings is 1. The van der Waals surface area contributed by atoms with Crippen molar-refractivity contribution in [3.8, 4) is 0 Å². The minimum atomic E-state index is -0.150. The van der Waals surface area contributed by atoms with Gasteiger partial charge < -0.3 is 15.1 Å². The topological polar surface area (TPSA) is 78.4 Å². The average Bonchev–Trinajstić information content (AvgIpc) is 2.69. The zero-order chi connectivity index (χ0) is 18.5. The van der Waals surface area contributed by atoms with Crippen LogP contribution in [0.1, 0.15) is 35.9 Å². The van der Waals surface area contributed by atoms with Crippen molar-refractivity contribution in [3.63, 3.8) is 0 Å². The van der Waals surface area contributed by atoms with Crippen LogP contribution in [0.2, 0.25) is 0 Å². The van der Waals surface area contributed by atoms with Gasteiger partial charge in [0, 0.05) is 39.1 Å². The third-order valence-electron chi connectivity index (χ3n) is 4.56. The Balaban J connectivity index is 1.59. The highest BCUT2D eigenvalue weighted by Gasteiger charge is 2.24. The van der Waals surface area contributed by atoms with Gasteiger partial charge in [0.2, 0.25) is 5.91 Å². The molecule has 1 aromatic heterocycles. The first kappa shape index (κ1) is 17.8. The Hall–Kier alpha value is -2.96. The number of rotatable bonds is 4. The Kier molecular flexibility index (Phi) is 5.46. The molecule has 2 amide bonds. The fraction of sp³-hybridized carbons (Fsp3) is 0.368. The van der Waals surface area contributed by atoms with Crippen LogP contribution in [0.25, 0.3) is 0 Å². The van der Waals surface area contributed by atoms with Crippen molar-refractivity contribution in [1.82, 2.24) is 20.0 Å². The molecular weight excluding hydrogens is 330 g/mol. The maximum atomic E-state index is 12.5. The molecule has 0 bridgehead atoms. The number of aromatic nitrogens is 2. The van der Waals surface area contributed by atoms with E-state index in [0.29, 0.717) is 37.7 Å². The third-order valence-corrected chi connectivity index (χ3v) is 4.56. The molecule has 1 fully saturated rings. The van der Waals surface area contributed by atoms with E-state index in [9.17, 15) is 9.59 Å². The van der Waals surface area contributed by atoms with Crippen LogP contribution in [0.5, 0.6) is 0 Å². The molecule has 1 saturated heterocycles. The molecule has 2 heterocycles. The number of nitrogens with one attached hydrogen (secondary N) is 1. The lowest BCUT2D eigenvalue weighted by Crippen LogP contribution is -2.50. The van der Waals surface area contributed by atoms with Gasteiger partial charge >= 0.3 is 0 Å². The van der Waals surface area contributed by atoms with E-state index in [0.717, 1.165) is 5.56 Å². The second-order valence-electron chi connectivity index (χ2n) is 6.38. The number of carbonyl (C=O) groups is 2. The first-order valence-electron chi connectivity index (χ1n) is 8.74. The minimum Gasteiger partial charge on any atom is -0.362 e. The second-order valence-corrected chi connectivity index (χ2v) is 6.38. The monoisotopic (exact) mass is 353 g/mol. The van der Waals surface area contributed by atoms with Crippen molar-refractivity contribution >= 4 is 17.6 Å². The molecule has 3 rings (SSSR count). The van der Waals surface area contributed by atoms with Gasteiger partial charge in [-0.2, -0.15) is 0 Å². The molecule has 1 aliphatic rings. The summed E-state index contributed by atoms with van der Waals surface area (Å²) in [5.74, 6) is 0.516. The maximum Gasteiger partial charge on any atom is 0.274 e. The lowest BCUT2D eigenvalue weighted by molar-refractivity contribution is -0.130. The summed E-state index contributed by atoms with van der Waals surface area (Å²) in [4.78, 5) is 27.4. The predicted octanol–water partition coefficient (Wildman–Crippen LogP) is 1.95. The molecule has 1 aromatic carbocycles. The standard InChI is InChI=1S/C19H23N5O2/c1-14(16-6-4-3-5-7-16)20-18-9-8-17(21-22-18)19(26)24-12-10-23(11-13-24)15(2)25/h3-9,14H,10-13H2,1-2H3,(H,20,22). The molecule has 1 unspecified atom stereocenters. The van der Waals surface area contributed by atoms with Gasteiger partial charge in [-0.1, -0.05) is 30.3 Å². The van der Waals surface area contributed by atoms with Crippen molar-refractivity contribution in [2.75, 3.05) is 31.5 Å². The minimum absolute atomic E-state index is 0.0415. The summed E-state index contributed by atoms with van der Waals surface area (Å²) < 4.78 is 0. The van der Waals surface area contributed by atoms with Crippen LogP contribution in [0.4, 0.5) is 5.82 Å².